The number of rotatable bonds is 8. The maximum atomic E-state index is 12.8. The number of ether oxygens (including phenoxy) is 3. The number of esters is 2. The minimum absolute atomic E-state index is 0.00810. The van der Waals surface area contributed by atoms with Gasteiger partial charge >= 0.3 is 11.9 Å². The van der Waals surface area contributed by atoms with E-state index in [-0.39, 0.29) is 34.3 Å². The van der Waals surface area contributed by atoms with Crippen LogP contribution in [0.3, 0.4) is 0 Å². The van der Waals surface area contributed by atoms with Gasteiger partial charge in [-0.15, -0.1) is 11.3 Å². The van der Waals surface area contributed by atoms with Gasteiger partial charge in [0.05, 0.1) is 24.0 Å². The molecule has 0 atom stereocenters. The monoisotopic (exact) mass is 464 g/mol. The molecule has 4 rings (SSSR count). The van der Waals surface area contributed by atoms with Gasteiger partial charge in [-0.25, -0.2) is 4.79 Å². The van der Waals surface area contributed by atoms with Gasteiger partial charge in [0.1, 0.15) is 23.3 Å². The van der Waals surface area contributed by atoms with Crippen LogP contribution in [0.25, 0.3) is 11.0 Å². The summed E-state index contributed by atoms with van der Waals surface area (Å²) < 4.78 is 21.6. The van der Waals surface area contributed by atoms with Gasteiger partial charge in [-0.1, -0.05) is 13.0 Å². The van der Waals surface area contributed by atoms with Crippen LogP contribution >= 0.6 is 11.3 Å². The van der Waals surface area contributed by atoms with Crippen LogP contribution in [0.15, 0.2) is 75.5 Å². The molecule has 8 heteroatoms. The van der Waals surface area contributed by atoms with E-state index in [2.05, 4.69) is 0 Å². The highest BCUT2D eigenvalue weighted by molar-refractivity contribution is 7.10. The van der Waals surface area contributed by atoms with E-state index >= 15 is 0 Å². The molecule has 0 aliphatic heterocycles. The minimum Gasteiger partial charge on any atom is -0.462 e. The fourth-order valence-electron chi connectivity index (χ4n) is 3.01. The van der Waals surface area contributed by atoms with Crippen molar-refractivity contribution < 1.29 is 28.2 Å². The largest absolute Gasteiger partial charge is 0.462 e. The van der Waals surface area contributed by atoms with Gasteiger partial charge < -0.3 is 18.6 Å². The molecule has 0 unspecified atom stereocenters. The number of hydrogen-bond donors (Lipinski definition) is 0. The number of carbonyl (C=O) groups is 2. The van der Waals surface area contributed by atoms with Gasteiger partial charge in [0, 0.05) is 10.9 Å². The Morgan fingerprint density at radius 3 is 2.55 bits per heavy atom. The highest BCUT2D eigenvalue weighted by atomic mass is 32.1. The van der Waals surface area contributed by atoms with Gasteiger partial charge in [-0.2, -0.15) is 0 Å². The molecule has 0 amide bonds. The Morgan fingerprint density at radius 2 is 1.82 bits per heavy atom. The van der Waals surface area contributed by atoms with Crippen LogP contribution in [-0.2, 0) is 16.0 Å². The first-order valence-electron chi connectivity index (χ1n) is 10.3. The Kier molecular flexibility index (Phi) is 6.85. The van der Waals surface area contributed by atoms with E-state index in [0.29, 0.717) is 17.9 Å². The van der Waals surface area contributed by atoms with E-state index in [9.17, 15) is 14.4 Å². The topological polar surface area (TPSA) is 92.0 Å². The van der Waals surface area contributed by atoms with Crippen LogP contribution in [0.5, 0.6) is 17.2 Å². The summed E-state index contributed by atoms with van der Waals surface area (Å²) in [6.45, 7) is 2.27. The second kappa shape index (κ2) is 10.1. The van der Waals surface area contributed by atoms with E-state index in [1.807, 2.05) is 24.4 Å². The van der Waals surface area contributed by atoms with Gasteiger partial charge in [-0.3, -0.25) is 9.59 Å². The summed E-state index contributed by atoms with van der Waals surface area (Å²) in [6.07, 6.45) is 2.11. The summed E-state index contributed by atoms with van der Waals surface area (Å²) in [5.41, 5.74) is 0.282. The van der Waals surface area contributed by atoms with Crippen LogP contribution in [-0.4, -0.2) is 18.5 Å². The van der Waals surface area contributed by atoms with Crippen molar-refractivity contribution in [3.63, 3.8) is 0 Å². The highest BCUT2D eigenvalue weighted by Gasteiger charge is 2.13. The fraction of sp³-hybridized carbons (Fsp3) is 0.160. The Balaban J connectivity index is 1.46. The first-order valence-corrected chi connectivity index (χ1v) is 11.1. The number of fused-ring (bicyclic) bond motifs is 1. The van der Waals surface area contributed by atoms with Crippen molar-refractivity contribution in [2.45, 2.75) is 19.8 Å². The summed E-state index contributed by atoms with van der Waals surface area (Å²) in [5.74, 6) is -0.174. The first-order chi connectivity index (χ1) is 16.0. The molecule has 0 radical (unpaired) electrons. The Morgan fingerprint density at radius 1 is 1.03 bits per heavy atom. The van der Waals surface area contributed by atoms with Crippen molar-refractivity contribution in [1.29, 1.82) is 0 Å². The van der Waals surface area contributed by atoms with Crippen molar-refractivity contribution in [2.75, 3.05) is 6.61 Å². The van der Waals surface area contributed by atoms with Crippen molar-refractivity contribution in [1.82, 2.24) is 0 Å². The van der Waals surface area contributed by atoms with E-state index in [0.717, 1.165) is 11.3 Å². The lowest BCUT2D eigenvalue weighted by Gasteiger charge is -2.08. The molecule has 0 aliphatic carbocycles. The van der Waals surface area contributed by atoms with Gasteiger partial charge in [-0.05, 0) is 54.3 Å². The zero-order chi connectivity index (χ0) is 23.2. The summed E-state index contributed by atoms with van der Waals surface area (Å²) in [5, 5.41) is 2.17. The number of thiophene rings is 1. The normalized spacial score (nSPS) is 10.7. The number of hydrogen-bond acceptors (Lipinski definition) is 8. The molecule has 0 saturated heterocycles. The highest BCUT2D eigenvalue weighted by Crippen LogP contribution is 2.25. The van der Waals surface area contributed by atoms with Crippen LogP contribution in [0.2, 0.25) is 0 Å². The lowest BCUT2D eigenvalue weighted by atomic mass is 10.2. The Hall–Kier alpha value is -3.91. The summed E-state index contributed by atoms with van der Waals surface area (Å²) >= 11 is 1.48. The molecule has 4 aromatic rings. The smallest absolute Gasteiger partial charge is 0.338 e. The Labute approximate surface area is 193 Å². The van der Waals surface area contributed by atoms with E-state index in [1.54, 1.807) is 24.3 Å². The lowest BCUT2D eigenvalue weighted by Crippen LogP contribution is -2.10. The quantitative estimate of drug-likeness (QED) is 0.256. The predicted octanol–water partition coefficient (Wildman–Crippen LogP) is 5.36. The van der Waals surface area contributed by atoms with Crippen molar-refractivity contribution in [3.8, 4) is 17.2 Å². The minimum atomic E-state index is -0.416. The maximum Gasteiger partial charge on any atom is 0.338 e. The Bertz CT molecular complexity index is 1320. The molecule has 2 aromatic carbocycles. The molecule has 0 bridgehead atoms. The standard InChI is InChI=1S/C25H20O7S/c1-2-11-29-25(28)16-5-7-17(8-6-16)31-22-15-30-21-13-18(9-10-20(21)24(22)27)32-23(26)14-19-4-3-12-33-19/h3-10,12-13,15H,2,11,14H2,1H3. The molecule has 0 aliphatic rings. The second-order valence-electron chi connectivity index (χ2n) is 7.08. The summed E-state index contributed by atoms with van der Waals surface area (Å²) in [6, 6.07) is 14.5. The molecule has 0 spiro atoms. The average Bonchev–Trinajstić information content (AvgIpc) is 3.32. The third kappa shape index (κ3) is 5.48. The van der Waals surface area contributed by atoms with Gasteiger partial charge in [0.15, 0.2) is 0 Å². The van der Waals surface area contributed by atoms with Crippen LogP contribution < -0.4 is 14.9 Å². The van der Waals surface area contributed by atoms with Crippen LogP contribution in [0.1, 0.15) is 28.6 Å². The molecule has 0 fully saturated rings. The van der Waals surface area contributed by atoms with Crippen molar-refractivity contribution in [3.05, 3.63) is 86.9 Å². The zero-order valence-electron chi connectivity index (χ0n) is 17.7. The van der Waals surface area contributed by atoms with E-state index in [1.165, 1.54) is 35.8 Å². The SMILES string of the molecule is CCCOC(=O)c1ccc(Oc2coc3cc(OC(=O)Cc4cccs4)ccc3c2=O)cc1. The first kappa shape index (κ1) is 22.3. The molecule has 2 heterocycles. The summed E-state index contributed by atoms with van der Waals surface area (Å²) in [4.78, 5) is 37.7. The molecule has 33 heavy (non-hydrogen) atoms. The van der Waals surface area contributed by atoms with E-state index in [4.69, 9.17) is 18.6 Å². The van der Waals surface area contributed by atoms with Crippen molar-refractivity contribution >= 4 is 34.2 Å². The van der Waals surface area contributed by atoms with Gasteiger partial charge in [0.2, 0.25) is 11.2 Å². The average molecular weight is 464 g/mol. The predicted molar refractivity (Wildman–Crippen MR) is 123 cm³/mol. The number of carbonyl (C=O) groups excluding carboxylic acids is 2. The maximum absolute atomic E-state index is 12.8. The van der Waals surface area contributed by atoms with Crippen molar-refractivity contribution in [2.24, 2.45) is 0 Å². The molecule has 168 valence electrons. The van der Waals surface area contributed by atoms with Crippen LogP contribution in [0, 0.1) is 0 Å². The lowest BCUT2D eigenvalue weighted by molar-refractivity contribution is -0.133. The molecule has 2 aromatic heterocycles. The van der Waals surface area contributed by atoms with E-state index < -0.39 is 11.9 Å². The fourth-order valence-corrected chi connectivity index (χ4v) is 3.70. The molecular weight excluding hydrogens is 444 g/mol. The van der Waals surface area contributed by atoms with Gasteiger partial charge in [0.25, 0.3) is 0 Å². The second-order valence-corrected chi connectivity index (χ2v) is 8.11. The molecule has 0 saturated carbocycles. The van der Waals surface area contributed by atoms with Crippen LogP contribution in [0.4, 0.5) is 0 Å². The molecular formula is C25H20O7S. The molecule has 7 nitrogen and oxygen atoms in total. The summed E-state index contributed by atoms with van der Waals surface area (Å²) in [7, 11) is 0. The zero-order valence-corrected chi connectivity index (χ0v) is 18.6. The third-order valence-electron chi connectivity index (χ3n) is 4.60. The number of benzene rings is 2. The molecule has 0 N–H and O–H groups in total. The third-order valence-corrected chi connectivity index (χ3v) is 5.48.